The van der Waals surface area contributed by atoms with E-state index >= 15 is 0 Å². The minimum absolute atomic E-state index is 0. The number of aryl methyl sites for hydroxylation is 2. The number of methoxy groups -OCH3 is 2. The van der Waals surface area contributed by atoms with E-state index in [9.17, 15) is 13.2 Å². The van der Waals surface area contributed by atoms with E-state index in [1.807, 2.05) is 0 Å². The molecule has 10 heteroatoms. The van der Waals surface area contributed by atoms with E-state index in [2.05, 4.69) is 14.8 Å². The molecule has 8 nitrogen and oxygen atoms in total. The topological polar surface area (TPSA) is 107 Å². The van der Waals surface area contributed by atoms with Gasteiger partial charge in [0.1, 0.15) is 22.0 Å². The normalized spacial score (nSPS) is 11.1. The molecule has 0 aliphatic rings. The lowest BCUT2D eigenvalue weighted by Crippen LogP contribution is -2.33. The van der Waals surface area contributed by atoms with Gasteiger partial charge in [-0.2, -0.15) is 0 Å². The van der Waals surface area contributed by atoms with Gasteiger partial charge < -0.3 is 19.2 Å². The first-order chi connectivity index (χ1) is 10.3. The van der Waals surface area contributed by atoms with Crippen molar-refractivity contribution in [1.82, 2.24) is 10.0 Å². The average molecular weight is 371 g/mol. The van der Waals surface area contributed by atoms with E-state index in [-0.39, 0.29) is 40.9 Å². The highest BCUT2D eigenvalue weighted by Crippen LogP contribution is 2.26. The molecule has 0 unspecified atom stereocenters. The molecule has 0 atom stereocenters. The summed E-state index contributed by atoms with van der Waals surface area (Å²) in [5, 5.41) is 3.01. The lowest BCUT2D eigenvalue weighted by atomic mass is 10.2. The summed E-state index contributed by atoms with van der Waals surface area (Å²) in [5.74, 6) is -0.381. The van der Waals surface area contributed by atoms with Crippen molar-refractivity contribution >= 4 is 28.4 Å². The maximum Gasteiger partial charge on any atom is 0.342 e. The number of esters is 1. The van der Waals surface area contributed by atoms with Gasteiger partial charge in [-0.1, -0.05) is 0 Å². The summed E-state index contributed by atoms with van der Waals surface area (Å²) in [6.07, 6.45) is 0. The van der Waals surface area contributed by atoms with Gasteiger partial charge in [0.05, 0.1) is 13.7 Å². The molecular formula is C13H23ClN2O6S. The summed E-state index contributed by atoms with van der Waals surface area (Å²) in [5.41, 5.74) is -0.0696. The molecule has 23 heavy (non-hydrogen) atoms. The Labute approximate surface area is 142 Å². The lowest BCUT2D eigenvalue weighted by Gasteiger charge is -2.08. The van der Waals surface area contributed by atoms with Crippen LogP contribution >= 0.6 is 12.4 Å². The molecule has 0 saturated carbocycles. The summed E-state index contributed by atoms with van der Waals surface area (Å²) >= 11 is 0. The molecule has 0 aromatic carbocycles. The van der Waals surface area contributed by atoms with Crippen LogP contribution < -0.4 is 10.0 Å². The minimum Gasteiger partial charge on any atom is -0.465 e. The van der Waals surface area contributed by atoms with Crippen LogP contribution in [0.5, 0.6) is 0 Å². The second kappa shape index (κ2) is 9.89. The number of carbonyl (C=O) groups excluding carboxylic acids is 1. The van der Waals surface area contributed by atoms with Crippen molar-refractivity contribution < 1.29 is 27.1 Å². The molecule has 0 amide bonds. The van der Waals surface area contributed by atoms with Gasteiger partial charge in [0.15, 0.2) is 0 Å². The molecule has 1 heterocycles. The summed E-state index contributed by atoms with van der Waals surface area (Å²) in [6, 6.07) is 0. The van der Waals surface area contributed by atoms with Crippen LogP contribution in [-0.2, 0) is 19.5 Å². The Kier molecular flexibility index (Phi) is 9.40. The summed E-state index contributed by atoms with van der Waals surface area (Å²) in [7, 11) is -1.09. The molecule has 1 rings (SSSR count). The van der Waals surface area contributed by atoms with Crippen LogP contribution in [0.4, 0.5) is 0 Å². The monoisotopic (exact) mass is 370 g/mol. The van der Waals surface area contributed by atoms with Gasteiger partial charge in [0.25, 0.3) is 0 Å². The second-order valence-electron chi connectivity index (χ2n) is 4.55. The number of halogens is 1. The van der Waals surface area contributed by atoms with Gasteiger partial charge in [-0.3, -0.25) is 0 Å². The van der Waals surface area contributed by atoms with Gasteiger partial charge in [0.2, 0.25) is 10.0 Å². The lowest BCUT2D eigenvalue weighted by molar-refractivity contribution is 0.0595. The van der Waals surface area contributed by atoms with E-state index in [1.165, 1.54) is 21.0 Å². The fraction of sp³-hybridized carbons (Fsp3) is 0.615. The number of carbonyl (C=O) groups is 1. The van der Waals surface area contributed by atoms with Crippen LogP contribution in [0, 0.1) is 13.8 Å². The number of ether oxygens (including phenoxy) is 2. The van der Waals surface area contributed by atoms with Crippen LogP contribution in [-0.4, -0.2) is 54.8 Å². The van der Waals surface area contributed by atoms with Crippen molar-refractivity contribution in [3.05, 3.63) is 17.1 Å². The number of rotatable bonds is 9. The van der Waals surface area contributed by atoms with Gasteiger partial charge in [-0.15, -0.1) is 12.4 Å². The molecule has 0 aliphatic heterocycles. The third-order valence-corrected chi connectivity index (χ3v) is 4.55. The predicted octanol–water partition coefficient (Wildman–Crippen LogP) is 0.619. The molecule has 1 aromatic heterocycles. The van der Waals surface area contributed by atoms with Crippen LogP contribution in [0.3, 0.4) is 0 Å². The third-order valence-electron chi connectivity index (χ3n) is 2.94. The van der Waals surface area contributed by atoms with E-state index in [0.717, 1.165) is 0 Å². The molecule has 0 saturated heterocycles. The van der Waals surface area contributed by atoms with Gasteiger partial charge >= 0.3 is 5.97 Å². The molecule has 0 aliphatic carbocycles. The predicted molar refractivity (Wildman–Crippen MR) is 86.7 cm³/mol. The second-order valence-corrected chi connectivity index (χ2v) is 6.25. The standard InChI is InChI=1S/C13H22N2O6S.ClH/c1-9-11(13(16)20-4)12(10(2)21-9)22(17,18)15-6-5-14-7-8-19-3;/h14-15H,5-8H2,1-4H3;1H. The average Bonchev–Trinajstić information content (AvgIpc) is 2.77. The van der Waals surface area contributed by atoms with Crippen molar-refractivity contribution in [3.63, 3.8) is 0 Å². The SMILES string of the molecule is COCCNCCNS(=O)(=O)c1c(C)oc(C)c1C(=O)OC.Cl. The van der Waals surface area contributed by atoms with Crippen molar-refractivity contribution in [2.75, 3.05) is 40.5 Å². The molecule has 0 radical (unpaired) electrons. The van der Waals surface area contributed by atoms with E-state index in [0.29, 0.717) is 19.7 Å². The molecule has 0 spiro atoms. The van der Waals surface area contributed by atoms with Crippen molar-refractivity contribution in [3.8, 4) is 0 Å². The highest BCUT2D eigenvalue weighted by molar-refractivity contribution is 7.89. The molecular weight excluding hydrogens is 348 g/mol. The molecule has 2 N–H and O–H groups in total. The van der Waals surface area contributed by atoms with Crippen molar-refractivity contribution in [2.24, 2.45) is 0 Å². The van der Waals surface area contributed by atoms with Crippen LogP contribution in [0.2, 0.25) is 0 Å². The molecule has 134 valence electrons. The Bertz CT molecular complexity index is 614. The quantitative estimate of drug-likeness (QED) is 0.484. The Morgan fingerprint density at radius 3 is 2.35 bits per heavy atom. The Morgan fingerprint density at radius 1 is 1.13 bits per heavy atom. The first-order valence-electron chi connectivity index (χ1n) is 6.72. The first-order valence-corrected chi connectivity index (χ1v) is 8.21. The number of hydrogen-bond donors (Lipinski definition) is 2. The fourth-order valence-corrected chi connectivity index (χ4v) is 3.40. The van der Waals surface area contributed by atoms with Gasteiger partial charge in [0, 0.05) is 26.7 Å². The largest absolute Gasteiger partial charge is 0.465 e. The zero-order valence-corrected chi connectivity index (χ0v) is 15.2. The number of sulfonamides is 1. The smallest absolute Gasteiger partial charge is 0.342 e. The fourth-order valence-electron chi connectivity index (χ4n) is 1.97. The maximum absolute atomic E-state index is 12.4. The number of nitrogens with one attached hydrogen (secondary N) is 2. The highest BCUT2D eigenvalue weighted by atomic mass is 35.5. The molecule has 0 fully saturated rings. The summed E-state index contributed by atoms with van der Waals surface area (Å²) in [4.78, 5) is 11.6. The minimum atomic E-state index is -3.86. The highest BCUT2D eigenvalue weighted by Gasteiger charge is 2.31. The molecule has 1 aromatic rings. The third kappa shape index (κ3) is 5.78. The Morgan fingerprint density at radius 2 is 1.78 bits per heavy atom. The van der Waals surface area contributed by atoms with Crippen LogP contribution in [0.1, 0.15) is 21.9 Å². The van der Waals surface area contributed by atoms with Crippen LogP contribution in [0.15, 0.2) is 9.31 Å². The zero-order chi connectivity index (χ0) is 16.8. The number of furan rings is 1. The van der Waals surface area contributed by atoms with Crippen LogP contribution in [0.25, 0.3) is 0 Å². The van der Waals surface area contributed by atoms with E-state index in [1.54, 1.807) is 7.11 Å². The zero-order valence-electron chi connectivity index (χ0n) is 13.6. The van der Waals surface area contributed by atoms with E-state index in [4.69, 9.17) is 9.15 Å². The Hall–Kier alpha value is -1.13. The number of hydrogen-bond acceptors (Lipinski definition) is 7. The van der Waals surface area contributed by atoms with Gasteiger partial charge in [-0.05, 0) is 13.8 Å². The Balaban J connectivity index is 0.00000484. The first kappa shape index (κ1) is 21.9. The van der Waals surface area contributed by atoms with E-state index < -0.39 is 16.0 Å². The summed E-state index contributed by atoms with van der Waals surface area (Å²) < 4.78 is 41.9. The summed E-state index contributed by atoms with van der Waals surface area (Å²) in [6.45, 7) is 4.78. The van der Waals surface area contributed by atoms with Crippen molar-refractivity contribution in [1.29, 1.82) is 0 Å². The van der Waals surface area contributed by atoms with Gasteiger partial charge in [-0.25, -0.2) is 17.9 Å². The molecule has 0 bridgehead atoms. The van der Waals surface area contributed by atoms with Crippen molar-refractivity contribution in [2.45, 2.75) is 18.7 Å². The maximum atomic E-state index is 12.4.